The standard InChI is InChI=1S/C13H20BrN3O2S/c1-17(2)13(6-3-7-13)9-16-20(18,19)10-4-5-12(15)11(14)8-10/h4-5,8,16H,3,6-7,9,15H2,1-2H3. The Morgan fingerprint density at radius 2 is 2.05 bits per heavy atom. The number of sulfonamides is 1. The average molecular weight is 362 g/mol. The van der Waals surface area contributed by atoms with Crippen LogP contribution in [0.25, 0.3) is 0 Å². The Bertz CT molecular complexity index is 598. The number of nitrogens with zero attached hydrogens (tertiary/aromatic N) is 1. The van der Waals surface area contributed by atoms with E-state index < -0.39 is 10.0 Å². The first-order chi connectivity index (χ1) is 9.27. The summed E-state index contributed by atoms with van der Waals surface area (Å²) in [6.07, 6.45) is 3.19. The number of nitrogens with one attached hydrogen (secondary N) is 1. The van der Waals surface area contributed by atoms with Crippen molar-refractivity contribution in [3.05, 3.63) is 22.7 Å². The molecule has 0 aromatic heterocycles. The zero-order chi connectivity index (χ0) is 15.0. The molecule has 1 aliphatic rings. The Labute approximate surface area is 128 Å². The molecule has 0 amide bonds. The number of halogens is 1. The lowest BCUT2D eigenvalue weighted by Gasteiger charge is -2.47. The maximum Gasteiger partial charge on any atom is 0.240 e. The summed E-state index contributed by atoms with van der Waals surface area (Å²) in [5.41, 5.74) is 6.15. The van der Waals surface area contributed by atoms with E-state index in [0.717, 1.165) is 19.3 Å². The molecular weight excluding hydrogens is 342 g/mol. The van der Waals surface area contributed by atoms with Crippen LogP contribution in [-0.2, 0) is 10.0 Å². The number of nitrogen functional groups attached to an aromatic ring is 1. The zero-order valence-corrected chi connectivity index (χ0v) is 14.1. The van der Waals surface area contributed by atoms with Crippen molar-refractivity contribution in [2.45, 2.75) is 29.7 Å². The van der Waals surface area contributed by atoms with E-state index in [0.29, 0.717) is 16.7 Å². The van der Waals surface area contributed by atoms with Gasteiger partial charge in [-0.2, -0.15) is 0 Å². The van der Waals surface area contributed by atoms with E-state index in [4.69, 9.17) is 5.73 Å². The van der Waals surface area contributed by atoms with Gasteiger partial charge < -0.3 is 10.6 Å². The van der Waals surface area contributed by atoms with E-state index in [2.05, 4.69) is 25.6 Å². The monoisotopic (exact) mass is 361 g/mol. The van der Waals surface area contributed by atoms with E-state index in [1.807, 2.05) is 14.1 Å². The van der Waals surface area contributed by atoms with Gasteiger partial charge in [0, 0.05) is 22.2 Å². The molecule has 1 saturated carbocycles. The van der Waals surface area contributed by atoms with Gasteiger partial charge in [0.05, 0.1) is 4.90 Å². The number of hydrogen-bond donors (Lipinski definition) is 2. The second-order valence-electron chi connectivity index (χ2n) is 5.48. The summed E-state index contributed by atoms with van der Waals surface area (Å²) in [4.78, 5) is 2.34. The molecule has 112 valence electrons. The quantitative estimate of drug-likeness (QED) is 0.784. The molecule has 0 bridgehead atoms. The van der Waals surface area contributed by atoms with Gasteiger partial charge in [0.15, 0.2) is 0 Å². The summed E-state index contributed by atoms with van der Waals surface area (Å²) in [7, 11) is 0.482. The maximum absolute atomic E-state index is 12.3. The third-order valence-corrected chi connectivity index (χ3v) is 6.19. The van der Waals surface area contributed by atoms with Crippen molar-refractivity contribution in [1.29, 1.82) is 0 Å². The number of likely N-dealkylation sites (N-methyl/N-ethyl adjacent to an activating group) is 1. The molecule has 0 saturated heterocycles. The molecule has 5 nitrogen and oxygen atoms in total. The molecule has 2 rings (SSSR count). The molecule has 0 atom stereocenters. The highest BCUT2D eigenvalue weighted by atomic mass is 79.9. The Morgan fingerprint density at radius 3 is 2.50 bits per heavy atom. The molecule has 1 fully saturated rings. The van der Waals surface area contributed by atoms with E-state index in [1.54, 1.807) is 6.07 Å². The average Bonchev–Trinajstić information content (AvgIpc) is 2.30. The van der Waals surface area contributed by atoms with Crippen LogP contribution in [0.4, 0.5) is 5.69 Å². The van der Waals surface area contributed by atoms with Gasteiger partial charge >= 0.3 is 0 Å². The van der Waals surface area contributed by atoms with E-state index >= 15 is 0 Å². The van der Waals surface area contributed by atoms with E-state index in [-0.39, 0.29) is 10.4 Å². The summed E-state index contributed by atoms with van der Waals surface area (Å²) >= 11 is 3.25. The van der Waals surface area contributed by atoms with Crippen LogP contribution in [0.5, 0.6) is 0 Å². The summed E-state index contributed by atoms with van der Waals surface area (Å²) < 4.78 is 27.9. The molecular formula is C13H20BrN3O2S. The third-order valence-electron chi connectivity index (χ3n) is 4.11. The van der Waals surface area contributed by atoms with Crippen molar-refractivity contribution in [2.24, 2.45) is 0 Å². The van der Waals surface area contributed by atoms with Crippen LogP contribution in [0, 0.1) is 0 Å². The zero-order valence-electron chi connectivity index (χ0n) is 11.7. The molecule has 0 unspecified atom stereocenters. The Balaban J connectivity index is 2.13. The molecule has 0 spiro atoms. The van der Waals surface area contributed by atoms with Gasteiger partial charge in [-0.1, -0.05) is 0 Å². The van der Waals surface area contributed by atoms with Gasteiger partial charge in [-0.15, -0.1) is 0 Å². The smallest absolute Gasteiger partial charge is 0.240 e. The first-order valence-corrected chi connectivity index (χ1v) is 8.77. The molecule has 1 aromatic rings. The first-order valence-electron chi connectivity index (χ1n) is 6.49. The molecule has 0 radical (unpaired) electrons. The summed E-state index contributed by atoms with van der Waals surface area (Å²) in [5, 5.41) is 0. The van der Waals surface area contributed by atoms with Gasteiger partial charge in [0.2, 0.25) is 10.0 Å². The summed E-state index contributed by atoms with van der Waals surface area (Å²) in [5.74, 6) is 0. The first kappa shape index (κ1) is 15.8. The largest absolute Gasteiger partial charge is 0.398 e. The minimum absolute atomic E-state index is 0.0435. The molecule has 0 aliphatic heterocycles. The fourth-order valence-electron chi connectivity index (χ4n) is 2.35. The third kappa shape index (κ3) is 3.00. The number of hydrogen-bond acceptors (Lipinski definition) is 4. The SMILES string of the molecule is CN(C)C1(CNS(=O)(=O)c2ccc(N)c(Br)c2)CCC1. The number of anilines is 1. The molecule has 3 N–H and O–H groups in total. The van der Waals surface area contributed by atoms with Crippen LogP contribution >= 0.6 is 15.9 Å². The topological polar surface area (TPSA) is 75.4 Å². The maximum atomic E-state index is 12.3. The van der Waals surface area contributed by atoms with Crippen LogP contribution in [0.3, 0.4) is 0 Å². The minimum Gasteiger partial charge on any atom is -0.398 e. The highest BCUT2D eigenvalue weighted by Crippen LogP contribution is 2.35. The predicted octanol–water partition coefficient (Wildman–Crippen LogP) is 1.79. The van der Waals surface area contributed by atoms with Crippen LogP contribution in [-0.4, -0.2) is 39.5 Å². The second kappa shape index (κ2) is 5.63. The number of nitrogens with two attached hydrogens (primary N) is 1. The molecule has 1 aliphatic carbocycles. The van der Waals surface area contributed by atoms with Gasteiger partial charge in [0.1, 0.15) is 0 Å². The van der Waals surface area contributed by atoms with Crippen LogP contribution in [0.15, 0.2) is 27.6 Å². The van der Waals surface area contributed by atoms with Crippen molar-refractivity contribution in [3.8, 4) is 0 Å². The summed E-state index contributed by atoms with van der Waals surface area (Å²) in [6.45, 7) is 0.435. The van der Waals surface area contributed by atoms with E-state index in [9.17, 15) is 8.42 Å². The fourth-order valence-corrected chi connectivity index (χ4v) is 4.03. The lowest BCUT2D eigenvalue weighted by atomic mass is 9.76. The lowest BCUT2D eigenvalue weighted by Crippen LogP contribution is -2.57. The van der Waals surface area contributed by atoms with Gasteiger partial charge in [0.25, 0.3) is 0 Å². The van der Waals surface area contributed by atoms with Crippen LogP contribution < -0.4 is 10.5 Å². The van der Waals surface area contributed by atoms with Crippen LogP contribution in [0.2, 0.25) is 0 Å². The Morgan fingerprint density at radius 1 is 1.40 bits per heavy atom. The minimum atomic E-state index is -3.50. The van der Waals surface area contributed by atoms with Gasteiger partial charge in [-0.05, 0) is 67.5 Å². The molecule has 20 heavy (non-hydrogen) atoms. The molecule has 1 aromatic carbocycles. The molecule has 0 heterocycles. The normalized spacial score (nSPS) is 18.0. The van der Waals surface area contributed by atoms with Crippen molar-refractivity contribution >= 4 is 31.6 Å². The van der Waals surface area contributed by atoms with E-state index in [1.165, 1.54) is 12.1 Å². The van der Waals surface area contributed by atoms with Crippen LogP contribution in [0.1, 0.15) is 19.3 Å². The predicted molar refractivity (Wildman–Crippen MR) is 84.0 cm³/mol. The Kier molecular flexibility index (Phi) is 4.44. The fraction of sp³-hybridized carbons (Fsp3) is 0.538. The number of rotatable bonds is 5. The van der Waals surface area contributed by atoms with Crippen molar-refractivity contribution in [3.63, 3.8) is 0 Å². The van der Waals surface area contributed by atoms with Gasteiger partial charge in [-0.3, -0.25) is 0 Å². The highest BCUT2D eigenvalue weighted by molar-refractivity contribution is 9.10. The lowest BCUT2D eigenvalue weighted by molar-refractivity contribution is 0.0657. The number of benzene rings is 1. The van der Waals surface area contributed by atoms with Gasteiger partial charge in [-0.25, -0.2) is 13.1 Å². The highest BCUT2D eigenvalue weighted by Gasteiger charge is 2.39. The second-order valence-corrected chi connectivity index (χ2v) is 8.10. The Hall–Kier alpha value is -0.630. The summed E-state index contributed by atoms with van der Waals surface area (Å²) in [6, 6.07) is 4.63. The van der Waals surface area contributed by atoms with Crippen molar-refractivity contribution < 1.29 is 8.42 Å². The van der Waals surface area contributed by atoms with Crippen molar-refractivity contribution in [1.82, 2.24) is 9.62 Å². The molecule has 7 heteroatoms. The van der Waals surface area contributed by atoms with Crippen molar-refractivity contribution in [2.75, 3.05) is 26.4 Å².